The van der Waals surface area contributed by atoms with Crippen molar-refractivity contribution in [2.75, 3.05) is 24.8 Å². The number of para-hydroxylation sites is 1. The van der Waals surface area contributed by atoms with Gasteiger partial charge in [-0.2, -0.15) is 15.0 Å². The van der Waals surface area contributed by atoms with Gasteiger partial charge in [0, 0.05) is 17.9 Å². The molecule has 0 aliphatic carbocycles. The zero-order valence-electron chi connectivity index (χ0n) is 19.3. The number of nitrogens with one attached hydrogen (secondary N) is 1. The van der Waals surface area contributed by atoms with E-state index in [9.17, 15) is 0 Å². The molecule has 1 aliphatic rings. The zero-order chi connectivity index (χ0) is 24.0. The van der Waals surface area contributed by atoms with Gasteiger partial charge in [0.1, 0.15) is 11.6 Å². The van der Waals surface area contributed by atoms with Gasteiger partial charge in [-0.3, -0.25) is 4.57 Å². The summed E-state index contributed by atoms with van der Waals surface area (Å²) in [6.07, 6.45) is 2.22. The first-order valence-electron chi connectivity index (χ1n) is 11.3. The van der Waals surface area contributed by atoms with E-state index in [0.29, 0.717) is 24.1 Å². The maximum absolute atomic E-state index is 5.95. The second-order valence-corrected chi connectivity index (χ2v) is 8.94. The van der Waals surface area contributed by atoms with E-state index < -0.39 is 0 Å². The van der Waals surface area contributed by atoms with Crippen LogP contribution in [0.25, 0.3) is 11.4 Å². The largest absolute Gasteiger partial charge is 0.497 e. The van der Waals surface area contributed by atoms with E-state index >= 15 is 0 Å². The molecule has 4 aromatic rings. The molecule has 3 heterocycles. The number of hydrogen-bond donors (Lipinski definition) is 2. The van der Waals surface area contributed by atoms with Crippen molar-refractivity contribution < 1.29 is 9.47 Å². The number of nitrogens with two attached hydrogens (primary N) is 1. The highest BCUT2D eigenvalue weighted by Gasteiger charge is 2.22. The smallest absolute Gasteiger partial charge is 0.232 e. The third-order valence-electron chi connectivity index (χ3n) is 5.53. The Morgan fingerprint density at radius 2 is 1.91 bits per heavy atom. The molecule has 35 heavy (non-hydrogen) atoms. The highest BCUT2D eigenvalue weighted by Crippen LogP contribution is 2.29. The van der Waals surface area contributed by atoms with Crippen LogP contribution in [-0.4, -0.2) is 49.5 Å². The van der Waals surface area contributed by atoms with Crippen LogP contribution in [0.2, 0.25) is 0 Å². The Morgan fingerprint density at radius 3 is 2.66 bits per heavy atom. The van der Waals surface area contributed by atoms with Gasteiger partial charge in [-0.1, -0.05) is 30.0 Å². The highest BCUT2D eigenvalue weighted by molar-refractivity contribution is 7.98. The SMILES string of the molecule is COc1ccc(-c2nnc(SCc3nc(N)nc(Nc4ccccc4)n3)n2C[C@H]2CCCO2)cc1. The molecule has 3 N–H and O–H groups in total. The quantitative estimate of drug-likeness (QED) is 0.333. The van der Waals surface area contributed by atoms with Crippen molar-refractivity contribution in [3.8, 4) is 17.1 Å². The maximum Gasteiger partial charge on any atom is 0.232 e. The molecule has 2 aromatic heterocycles. The molecular weight excluding hydrogens is 464 g/mol. The number of methoxy groups -OCH3 is 1. The molecule has 0 amide bonds. The van der Waals surface area contributed by atoms with Gasteiger partial charge in [-0.05, 0) is 49.2 Å². The van der Waals surface area contributed by atoms with Crippen LogP contribution in [0.5, 0.6) is 5.75 Å². The summed E-state index contributed by atoms with van der Waals surface area (Å²) >= 11 is 1.50. The van der Waals surface area contributed by atoms with Crippen LogP contribution < -0.4 is 15.8 Å². The Labute approximate surface area is 207 Å². The van der Waals surface area contributed by atoms with Gasteiger partial charge >= 0.3 is 0 Å². The number of aromatic nitrogens is 6. The number of rotatable bonds is 9. The summed E-state index contributed by atoms with van der Waals surface area (Å²) in [5.41, 5.74) is 7.79. The molecule has 10 nitrogen and oxygen atoms in total. The molecule has 1 aliphatic heterocycles. The van der Waals surface area contributed by atoms with Gasteiger partial charge in [-0.15, -0.1) is 10.2 Å². The monoisotopic (exact) mass is 490 g/mol. The Morgan fingerprint density at radius 1 is 1.09 bits per heavy atom. The van der Waals surface area contributed by atoms with Crippen molar-refractivity contribution in [3.05, 3.63) is 60.4 Å². The molecule has 11 heteroatoms. The molecule has 180 valence electrons. The molecule has 1 fully saturated rings. The van der Waals surface area contributed by atoms with E-state index in [4.69, 9.17) is 15.2 Å². The Kier molecular flexibility index (Phi) is 7.05. The van der Waals surface area contributed by atoms with Crippen LogP contribution >= 0.6 is 11.8 Å². The van der Waals surface area contributed by atoms with E-state index in [1.54, 1.807) is 7.11 Å². The lowest BCUT2D eigenvalue weighted by molar-refractivity contribution is 0.0953. The summed E-state index contributed by atoms with van der Waals surface area (Å²) in [6, 6.07) is 17.5. The molecule has 1 atom stereocenters. The highest BCUT2D eigenvalue weighted by atomic mass is 32.2. The van der Waals surface area contributed by atoms with Gasteiger partial charge in [-0.25, -0.2) is 0 Å². The molecule has 1 saturated heterocycles. The van der Waals surface area contributed by atoms with E-state index in [1.165, 1.54) is 11.8 Å². The summed E-state index contributed by atoms with van der Waals surface area (Å²) in [6.45, 7) is 1.46. The van der Waals surface area contributed by atoms with E-state index in [-0.39, 0.29) is 12.1 Å². The topological polar surface area (TPSA) is 126 Å². The molecule has 5 rings (SSSR count). The number of benzene rings is 2. The third kappa shape index (κ3) is 5.69. The van der Waals surface area contributed by atoms with Crippen LogP contribution in [0, 0.1) is 0 Å². The number of ether oxygens (including phenoxy) is 2. The van der Waals surface area contributed by atoms with Crippen molar-refractivity contribution in [2.45, 2.75) is 36.4 Å². The van der Waals surface area contributed by atoms with Crippen molar-refractivity contribution in [3.63, 3.8) is 0 Å². The molecule has 0 unspecified atom stereocenters. The first-order chi connectivity index (χ1) is 17.2. The fourth-order valence-corrected chi connectivity index (χ4v) is 4.65. The third-order valence-corrected chi connectivity index (χ3v) is 6.50. The van der Waals surface area contributed by atoms with Gasteiger partial charge in [0.15, 0.2) is 11.0 Å². The lowest BCUT2D eigenvalue weighted by Crippen LogP contribution is -2.16. The number of nitrogens with zero attached hydrogens (tertiary/aromatic N) is 6. The number of nitrogen functional groups attached to an aromatic ring is 1. The van der Waals surface area contributed by atoms with Crippen molar-refractivity contribution in [2.24, 2.45) is 0 Å². The van der Waals surface area contributed by atoms with E-state index in [2.05, 4.69) is 35.0 Å². The minimum absolute atomic E-state index is 0.136. The molecule has 0 spiro atoms. The Hall–Kier alpha value is -3.70. The lowest BCUT2D eigenvalue weighted by Gasteiger charge is -2.15. The van der Waals surface area contributed by atoms with Crippen molar-refractivity contribution in [1.29, 1.82) is 0 Å². The predicted octanol–water partition coefficient (Wildman–Crippen LogP) is 3.94. The predicted molar refractivity (Wildman–Crippen MR) is 135 cm³/mol. The number of thioether (sulfide) groups is 1. The zero-order valence-corrected chi connectivity index (χ0v) is 20.1. The van der Waals surface area contributed by atoms with E-state index in [0.717, 1.165) is 47.4 Å². The van der Waals surface area contributed by atoms with Crippen LogP contribution in [0.3, 0.4) is 0 Å². The molecular formula is C24H26N8O2S. The van der Waals surface area contributed by atoms with Crippen molar-refractivity contribution >= 4 is 29.3 Å². The Bertz CT molecular complexity index is 1260. The van der Waals surface area contributed by atoms with Crippen LogP contribution in [-0.2, 0) is 17.0 Å². The first kappa shape index (κ1) is 23.1. The minimum atomic E-state index is 0.136. The summed E-state index contributed by atoms with van der Waals surface area (Å²) in [5.74, 6) is 3.15. The average Bonchev–Trinajstić information content (AvgIpc) is 3.54. The normalized spacial score (nSPS) is 15.3. The number of hydrogen-bond acceptors (Lipinski definition) is 10. The minimum Gasteiger partial charge on any atom is -0.497 e. The number of anilines is 3. The van der Waals surface area contributed by atoms with Crippen LogP contribution in [0.4, 0.5) is 17.6 Å². The maximum atomic E-state index is 5.95. The van der Waals surface area contributed by atoms with Crippen LogP contribution in [0.15, 0.2) is 59.8 Å². The first-order valence-corrected chi connectivity index (χ1v) is 12.3. The summed E-state index contributed by atoms with van der Waals surface area (Å²) in [5, 5.41) is 12.9. The van der Waals surface area contributed by atoms with Crippen molar-refractivity contribution in [1.82, 2.24) is 29.7 Å². The van der Waals surface area contributed by atoms with Gasteiger partial charge in [0.05, 0.1) is 25.5 Å². The van der Waals surface area contributed by atoms with Crippen LogP contribution in [0.1, 0.15) is 18.7 Å². The molecule has 0 radical (unpaired) electrons. The fourth-order valence-electron chi connectivity index (χ4n) is 3.84. The van der Waals surface area contributed by atoms with Gasteiger partial charge < -0.3 is 20.5 Å². The summed E-state index contributed by atoms with van der Waals surface area (Å²) in [7, 11) is 1.65. The fraction of sp³-hybridized carbons (Fsp3) is 0.292. The lowest BCUT2D eigenvalue weighted by atomic mass is 10.2. The second kappa shape index (κ2) is 10.7. The average molecular weight is 491 g/mol. The molecule has 0 saturated carbocycles. The standard InChI is InChI=1S/C24H26N8O2S/c1-33-18-11-9-16(10-12-18)21-30-31-24(32(21)14-19-8-5-13-34-19)35-15-20-27-22(25)29-23(28-20)26-17-6-3-2-4-7-17/h2-4,6-7,9-12,19H,5,8,13-15H2,1H3,(H3,25,26,27,28,29)/t19-/m1/s1. The molecule has 2 aromatic carbocycles. The Balaban J connectivity index is 1.37. The summed E-state index contributed by atoms with van der Waals surface area (Å²) < 4.78 is 13.3. The van der Waals surface area contributed by atoms with Gasteiger partial charge in [0.25, 0.3) is 0 Å². The summed E-state index contributed by atoms with van der Waals surface area (Å²) in [4.78, 5) is 13.0. The second-order valence-electron chi connectivity index (χ2n) is 7.99. The van der Waals surface area contributed by atoms with E-state index in [1.807, 2.05) is 54.6 Å². The van der Waals surface area contributed by atoms with Gasteiger partial charge in [0.2, 0.25) is 11.9 Å². The molecule has 0 bridgehead atoms.